The van der Waals surface area contributed by atoms with E-state index in [0.717, 1.165) is 35.5 Å². The topological polar surface area (TPSA) is 34.1 Å². The average molecular weight is 545 g/mol. The number of ketones is 2. The van der Waals surface area contributed by atoms with Gasteiger partial charge in [0.15, 0.2) is 11.6 Å². The summed E-state index contributed by atoms with van der Waals surface area (Å²) in [6.45, 7) is 0. The van der Waals surface area contributed by atoms with Crippen LogP contribution < -0.4 is 0 Å². The maximum absolute atomic E-state index is 13.0. The van der Waals surface area contributed by atoms with Gasteiger partial charge in [-0.2, -0.15) is 0 Å². The van der Waals surface area contributed by atoms with Crippen LogP contribution in [0.4, 0.5) is 8.78 Å². The predicted octanol–water partition coefficient (Wildman–Crippen LogP) is 9.23. The van der Waals surface area contributed by atoms with E-state index in [1.165, 1.54) is 101 Å². The molecule has 212 valence electrons. The van der Waals surface area contributed by atoms with E-state index < -0.39 is 0 Å². The zero-order valence-corrected chi connectivity index (χ0v) is 23.6. The number of hydrogen-bond donors (Lipinski definition) is 0. The summed E-state index contributed by atoms with van der Waals surface area (Å²) in [5.41, 5.74) is 1.92. The number of halogens is 2. The molecule has 0 atom stereocenters. The highest BCUT2D eigenvalue weighted by Crippen LogP contribution is 2.62. The van der Waals surface area contributed by atoms with E-state index in [9.17, 15) is 18.4 Å². The van der Waals surface area contributed by atoms with Crippen LogP contribution in [-0.4, -0.2) is 11.6 Å². The Hall–Kier alpha value is -2.36. The molecule has 0 radical (unpaired) electrons. The maximum atomic E-state index is 13.0. The fourth-order valence-corrected chi connectivity index (χ4v) is 11.2. The van der Waals surface area contributed by atoms with Gasteiger partial charge in [0.05, 0.1) is 0 Å². The highest BCUT2D eigenvalue weighted by Gasteiger charge is 2.52. The van der Waals surface area contributed by atoms with E-state index in [1.807, 2.05) is 0 Å². The fourth-order valence-electron chi connectivity index (χ4n) is 11.2. The van der Waals surface area contributed by atoms with Crippen molar-refractivity contribution in [2.75, 3.05) is 0 Å². The van der Waals surface area contributed by atoms with Crippen molar-refractivity contribution in [1.29, 1.82) is 0 Å². The molecule has 0 saturated heterocycles. The normalized spacial score (nSPS) is 38.1. The Morgan fingerprint density at radius 1 is 0.500 bits per heavy atom. The van der Waals surface area contributed by atoms with E-state index in [2.05, 4.69) is 0 Å². The molecular weight excluding hydrogens is 502 g/mol. The largest absolute Gasteiger partial charge is 0.294 e. The van der Waals surface area contributed by atoms with E-state index in [0.29, 0.717) is 24.0 Å². The zero-order valence-electron chi connectivity index (χ0n) is 23.6. The van der Waals surface area contributed by atoms with Crippen molar-refractivity contribution in [3.8, 4) is 0 Å². The second kappa shape index (κ2) is 10.2. The third-order valence-corrected chi connectivity index (χ3v) is 11.7. The molecule has 8 aliphatic carbocycles. The van der Waals surface area contributed by atoms with Gasteiger partial charge in [-0.05, 0) is 172 Å². The monoisotopic (exact) mass is 544 g/mol. The lowest BCUT2D eigenvalue weighted by atomic mass is 9.48. The molecule has 0 unspecified atom stereocenters. The Morgan fingerprint density at radius 3 is 1.00 bits per heavy atom. The second-order valence-corrected chi connectivity index (χ2v) is 15.0. The molecule has 0 spiro atoms. The van der Waals surface area contributed by atoms with Crippen molar-refractivity contribution in [3.05, 3.63) is 71.3 Å². The van der Waals surface area contributed by atoms with Crippen molar-refractivity contribution < 1.29 is 18.4 Å². The minimum absolute atomic E-state index is 0.215. The van der Waals surface area contributed by atoms with Crippen LogP contribution in [0, 0.1) is 58.0 Å². The van der Waals surface area contributed by atoms with Crippen LogP contribution >= 0.6 is 0 Å². The number of hydrogen-bond acceptors (Lipinski definition) is 2. The first-order chi connectivity index (χ1) is 19.2. The quantitative estimate of drug-likeness (QED) is 0.340. The highest BCUT2D eigenvalue weighted by molar-refractivity contribution is 5.97. The van der Waals surface area contributed by atoms with Crippen molar-refractivity contribution in [1.82, 2.24) is 0 Å². The molecule has 4 heteroatoms. The first kappa shape index (κ1) is 26.5. The third kappa shape index (κ3) is 5.32. The molecule has 8 bridgehead atoms. The minimum atomic E-state index is -0.267. The van der Waals surface area contributed by atoms with Crippen LogP contribution in [0.5, 0.6) is 0 Å². The highest BCUT2D eigenvalue weighted by atomic mass is 19.1. The molecule has 8 fully saturated rings. The van der Waals surface area contributed by atoms with Gasteiger partial charge in [-0.25, -0.2) is 8.78 Å². The van der Waals surface area contributed by atoms with Gasteiger partial charge in [0.1, 0.15) is 11.6 Å². The molecule has 2 nitrogen and oxygen atoms in total. The molecule has 8 saturated carbocycles. The number of benzene rings is 2. The van der Waals surface area contributed by atoms with Gasteiger partial charge in [-0.15, -0.1) is 0 Å². The van der Waals surface area contributed by atoms with E-state index in [-0.39, 0.29) is 34.0 Å². The molecule has 0 N–H and O–H groups in total. The first-order valence-electron chi connectivity index (χ1n) is 15.8. The second-order valence-electron chi connectivity index (χ2n) is 15.0. The average Bonchev–Trinajstić information content (AvgIpc) is 2.88. The number of carbonyl (C=O) groups is 2. The smallest absolute Gasteiger partial charge is 0.163 e. The van der Waals surface area contributed by atoms with Gasteiger partial charge in [-0.1, -0.05) is 0 Å². The van der Waals surface area contributed by atoms with Crippen LogP contribution in [-0.2, 0) is 0 Å². The van der Waals surface area contributed by atoms with Gasteiger partial charge in [-0.3, -0.25) is 9.59 Å². The fraction of sp³-hybridized carbons (Fsp3) is 0.611. The first-order valence-corrected chi connectivity index (χ1v) is 15.8. The molecule has 2 aromatic carbocycles. The molecule has 40 heavy (non-hydrogen) atoms. The SMILES string of the molecule is O=C(CC12CC3CC(CC(C3)C1)C2)c1ccc(F)cc1.O=C(CC12CC3CC(CC(C3)C1)C2)c1ccc(F)cc1. The Labute approximate surface area is 237 Å². The molecule has 0 aliphatic heterocycles. The molecular formula is C36H42F2O2. The Kier molecular flexibility index (Phi) is 6.75. The lowest BCUT2D eigenvalue weighted by Gasteiger charge is -2.56. The molecule has 0 aromatic heterocycles. The van der Waals surface area contributed by atoms with Crippen LogP contribution in [0.3, 0.4) is 0 Å². The summed E-state index contributed by atoms with van der Waals surface area (Å²) in [6.07, 6.45) is 17.3. The summed E-state index contributed by atoms with van der Waals surface area (Å²) in [5.74, 6) is 5.16. The summed E-state index contributed by atoms with van der Waals surface area (Å²) in [6, 6.07) is 12.1. The predicted molar refractivity (Wildman–Crippen MR) is 152 cm³/mol. The molecule has 0 heterocycles. The van der Waals surface area contributed by atoms with Gasteiger partial charge in [0.25, 0.3) is 0 Å². The van der Waals surface area contributed by atoms with Gasteiger partial charge >= 0.3 is 0 Å². The minimum Gasteiger partial charge on any atom is -0.294 e. The summed E-state index contributed by atoms with van der Waals surface area (Å²) < 4.78 is 25.9. The maximum Gasteiger partial charge on any atom is 0.163 e. The van der Waals surface area contributed by atoms with E-state index >= 15 is 0 Å². The lowest BCUT2D eigenvalue weighted by molar-refractivity contribution is -0.0527. The van der Waals surface area contributed by atoms with Crippen LogP contribution in [0.25, 0.3) is 0 Å². The van der Waals surface area contributed by atoms with Crippen LogP contribution in [0.1, 0.15) is 111 Å². The van der Waals surface area contributed by atoms with Crippen LogP contribution in [0.2, 0.25) is 0 Å². The van der Waals surface area contributed by atoms with Crippen molar-refractivity contribution in [3.63, 3.8) is 0 Å². The summed E-state index contributed by atoms with van der Waals surface area (Å²) in [7, 11) is 0. The van der Waals surface area contributed by atoms with Crippen LogP contribution in [0.15, 0.2) is 48.5 Å². The Morgan fingerprint density at radius 2 is 0.750 bits per heavy atom. The molecule has 0 amide bonds. The Bertz CT molecular complexity index is 1090. The summed E-state index contributed by atoms with van der Waals surface area (Å²) in [4.78, 5) is 25.0. The van der Waals surface area contributed by atoms with E-state index in [4.69, 9.17) is 0 Å². The molecule has 8 aliphatic rings. The number of Topliss-reactive ketones (excluding diaryl/α,β-unsaturated/α-hetero) is 2. The zero-order chi connectivity index (χ0) is 27.5. The molecule has 10 rings (SSSR count). The van der Waals surface area contributed by atoms with Crippen molar-refractivity contribution in [2.24, 2.45) is 46.3 Å². The summed E-state index contributed by atoms with van der Waals surface area (Å²) in [5, 5.41) is 0. The number of carbonyl (C=O) groups excluding carboxylic acids is 2. The standard InChI is InChI=1S/2C18H21FO/c2*19-16-3-1-15(2-4-16)17(20)11-18-8-12-5-13(9-18)7-14(6-12)10-18/h2*1-4,12-14H,5-11H2. The third-order valence-electron chi connectivity index (χ3n) is 11.7. The lowest BCUT2D eigenvalue weighted by Crippen LogP contribution is -2.46. The van der Waals surface area contributed by atoms with Gasteiger partial charge in [0.2, 0.25) is 0 Å². The van der Waals surface area contributed by atoms with E-state index in [1.54, 1.807) is 24.3 Å². The summed E-state index contributed by atoms with van der Waals surface area (Å²) >= 11 is 0. The molecule has 2 aromatic rings. The van der Waals surface area contributed by atoms with Gasteiger partial charge < -0.3 is 0 Å². The van der Waals surface area contributed by atoms with Crippen molar-refractivity contribution in [2.45, 2.75) is 89.9 Å². The van der Waals surface area contributed by atoms with Crippen molar-refractivity contribution >= 4 is 11.6 Å². The Balaban J connectivity index is 0.000000132. The number of rotatable bonds is 6. The van der Waals surface area contributed by atoms with Gasteiger partial charge in [0, 0.05) is 24.0 Å².